The predicted octanol–water partition coefficient (Wildman–Crippen LogP) is 5.47. The van der Waals surface area contributed by atoms with Gasteiger partial charge in [-0.25, -0.2) is 4.39 Å². The van der Waals surface area contributed by atoms with Crippen LogP contribution in [-0.2, 0) is 4.79 Å². The van der Waals surface area contributed by atoms with Gasteiger partial charge in [-0.3, -0.25) is 4.79 Å². The second kappa shape index (κ2) is 9.23. The largest absolute Gasteiger partial charge is 0.490 e. The van der Waals surface area contributed by atoms with E-state index in [1.165, 1.54) is 30.3 Å². The predicted molar refractivity (Wildman–Crippen MR) is 101 cm³/mol. The minimum absolute atomic E-state index is 0.149. The monoisotopic (exact) mass is 392 g/mol. The van der Waals surface area contributed by atoms with Crippen LogP contribution < -0.4 is 10.1 Å². The lowest BCUT2D eigenvalue weighted by Gasteiger charge is -2.10. The van der Waals surface area contributed by atoms with Crippen molar-refractivity contribution in [2.45, 2.75) is 13.3 Å². The number of nitrogens with zero attached hydrogens (tertiary/aromatic N) is 1. The Morgan fingerprint density at radius 1 is 1.27 bits per heavy atom. The smallest absolute Gasteiger partial charge is 0.266 e. The van der Waals surface area contributed by atoms with Gasteiger partial charge in [0.2, 0.25) is 0 Å². The van der Waals surface area contributed by atoms with E-state index < -0.39 is 11.7 Å². The summed E-state index contributed by atoms with van der Waals surface area (Å²) in [5, 5.41) is 12.4. The molecular formula is C19H15Cl2FN2O2. The molecule has 2 rings (SSSR count). The Hall–Kier alpha value is -2.55. The highest BCUT2D eigenvalue weighted by Gasteiger charge is 2.13. The zero-order chi connectivity index (χ0) is 19.1. The van der Waals surface area contributed by atoms with Crippen molar-refractivity contribution in [2.75, 3.05) is 11.9 Å². The third kappa shape index (κ3) is 5.22. The number of hydrogen-bond donors (Lipinski definition) is 1. The van der Waals surface area contributed by atoms with Gasteiger partial charge in [-0.15, -0.1) is 0 Å². The van der Waals surface area contributed by atoms with E-state index in [9.17, 15) is 14.4 Å². The number of amides is 1. The number of hydrogen-bond acceptors (Lipinski definition) is 3. The molecule has 26 heavy (non-hydrogen) atoms. The summed E-state index contributed by atoms with van der Waals surface area (Å²) < 4.78 is 18.4. The van der Waals surface area contributed by atoms with E-state index in [-0.39, 0.29) is 15.6 Å². The molecule has 0 saturated carbocycles. The van der Waals surface area contributed by atoms with Crippen LogP contribution in [0.3, 0.4) is 0 Å². The number of halogens is 3. The minimum atomic E-state index is -0.627. The Morgan fingerprint density at radius 2 is 1.88 bits per heavy atom. The molecule has 134 valence electrons. The second-order valence-electron chi connectivity index (χ2n) is 5.29. The van der Waals surface area contributed by atoms with Crippen LogP contribution in [0, 0.1) is 17.1 Å². The van der Waals surface area contributed by atoms with Crippen molar-refractivity contribution in [2.24, 2.45) is 0 Å². The lowest BCUT2D eigenvalue weighted by Crippen LogP contribution is -2.13. The van der Waals surface area contributed by atoms with Crippen LogP contribution in [0.2, 0.25) is 10.0 Å². The lowest BCUT2D eigenvalue weighted by molar-refractivity contribution is -0.112. The molecule has 4 nitrogen and oxygen atoms in total. The van der Waals surface area contributed by atoms with Crippen molar-refractivity contribution in [1.29, 1.82) is 5.26 Å². The van der Waals surface area contributed by atoms with Gasteiger partial charge in [0.25, 0.3) is 5.91 Å². The van der Waals surface area contributed by atoms with Crippen LogP contribution in [0.5, 0.6) is 5.75 Å². The van der Waals surface area contributed by atoms with Crippen molar-refractivity contribution >= 4 is 40.9 Å². The van der Waals surface area contributed by atoms with Gasteiger partial charge in [0, 0.05) is 5.69 Å². The molecule has 0 aliphatic rings. The third-order valence-electron chi connectivity index (χ3n) is 3.25. The van der Waals surface area contributed by atoms with Gasteiger partial charge < -0.3 is 10.1 Å². The van der Waals surface area contributed by atoms with Gasteiger partial charge in [-0.1, -0.05) is 30.1 Å². The normalized spacial score (nSPS) is 11.0. The third-order valence-corrected chi connectivity index (χ3v) is 3.81. The molecule has 0 bridgehead atoms. The summed E-state index contributed by atoms with van der Waals surface area (Å²) in [5.41, 5.74) is 0.704. The topological polar surface area (TPSA) is 62.1 Å². The number of ether oxygens (including phenoxy) is 1. The molecule has 7 heteroatoms. The lowest BCUT2D eigenvalue weighted by atomic mass is 10.1. The van der Waals surface area contributed by atoms with E-state index in [0.29, 0.717) is 23.6 Å². The summed E-state index contributed by atoms with van der Waals surface area (Å²) in [4.78, 5) is 12.2. The number of rotatable bonds is 6. The Labute approximate surface area is 160 Å². The Balaban J connectivity index is 2.23. The Bertz CT molecular complexity index is 851. The molecule has 1 amide bonds. The first-order valence-electron chi connectivity index (χ1n) is 7.75. The van der Waals surface area contributed by atoms with E-state index >= 15 is 0 Å². The van der Waals surface area contributed by atoms with Crippen molar-refractivity contribution in [3.05, 3.63) is 63.4 Å². The Kier molecular flexibility index (Phi) is 7.02. The van der Waals surface area contributed by atoms with Crippen LogP contribution in [0.1, 0.15) is 18.9 Å². The molecule has 0 unspecified atom stereocenters. The first-order chi connectivity index (χ1) is 12.4. The number of carbonyl (C=O) groups excluding carboxylic acids is 1. The van der Waals surface area contributed by atoms with Crippen molar-refractivity contribution in [3.63, 3.8) is 0 Å². The SMILES string of the molecule is CCCOc1c(Cl)cc(/C=C(\C#N)C(=O)Nc2ccc(F)cc2)cc1Cl. The Morgan fingerprint density at radius 3 is 2.42 bits per heavy atom. The van der Waals surface area contributed by atoms with Crippen molar-refractivity contribution in [3.8, 4) is 11.8 Å². The number of carbonyl (C=O) groups is 1. The van der Waals surface area contributed by atoms with Crippen LogP contribution in [-0.4, -0.2) is 12.5 Å². The summed E-state index contributed by atoms with van der Waals surface area (Å²) >= 11 is 12.3. The first-order valence-corrected chi connectivity index (χ1v) is 8.50. The van der Waals surface area contributed by atoms with Crippen LogP contribution >= 0.6 is 23.2 Å². The number of nitrogens with one attached hydrogen (secondary N) is 1. The maximum Gasteiger partial charge on any atom is 0.266 e. The molecule has 2 aromatic carbocycles. The number of anilines is 1. The van der Waals surface area contributed by atoms with Crippen LogP contribution in [0.4, 0.5) is 10.1 Å². The van der Waals surface area contributed by atoms with E-state index in [1.807, 2.05) is 13.0 Å². The van der Waals surface area contributed by atoms with Crippen molar-refractivity contribution in [1.82, 2.24) is 0 Å². The maximum absolute atomic E-state index is 12.9. The van der Waals surface area contributed by atoms with E-state index in [2.05, 4.69) is 5.32 Å². The molecule has 0 aliphatic heterocycles. The molecule has 1 N–H and O–H groups in total. The van der Waals surface area contributed by atoms with E-state index in [4.69, 9.17) is 27.9 Å². The number of nitriles is 1. The highest BCUT2D eigenvalue weighted by molar-refractivity contribution is 6.37. The standard InChI is InChI=1S/C19H15Cl2FN2O2/c1-2-7-26-18-16(20)9-12(10-17(18)21)8-13(11-23)19(25)24-15-5-3-14(22)4-6-15/h3-6,8-10H,2,7H2,1H3,(H,24,25)/b13-8+. The summed E-state index contributed by atoms with van der Waals surface area (Å²) in [6.07, 6.45) is 2.16. The zero-order valence-corrected chi connectivity index (χ0v) is 15.4. The molecule has 0 fully saturated rings. The molecule has 0 atom stereocenters. The fourth-order valence-electron chi connectivity index (χ4n) is 2.05. The molecule has 0 spiro atoms. The highest BCUT2D eigenvalue weighted by Crippen LogP contribution is 2.35. The number of benzene rings is 2. The summed E-state index contributed by atoms with van der Waals surface area (Å²) in [6.45, 7) is 2.43. The molecule has 0 saturated heterocycles. The molecular weight excluding hydrogens is 378 g/mol. The highest BCUT2D eigenvalue weighted by atomic mass is 35.5. The second-order valence-corrected chi connectivity index (χ2v) is 6.11. The van der Waals surface area contributed by atoms with E-state index in [1.54, 1.807) is 12.1 Å². The van der Waals surface area contributed by atoms with Crippen molar-refractivity contribution < 1.29 is 13.9 Å². The average molecular weight is 393 g/mol. The average Bonchev–Trinajstić information content (AvgIpc) is 2.61. The summed E-state index contributed by atoms with van der Waals surface area (Å²) in [6, 6.07) is 10.2. The van der Waals surface area contributed by atoms with Gasteiger partial charge in [0.15, 0.2) is 5.75 Å². The van der Waals surface area contributed by atoms with Gasteiger partial charge in [-0.2, -0.15) is 5.26 Å². The fraction of sp³-hybridized carbons (Fsp3) is 0.158. The first kappa shape index (κ1) is 19.8. The molecule has 2 aromatic rings. The molecule has 0 aliphatic carbocycles. The fourth-order valence-corrected chi connectivity index (χ4v) is 2.66. The molecule has 0 aromatic heterocycles. The van der Waals surface area contributed by atoms with Crippen LogP contribution in [0.25, 0.3) is 6.08 Å². The van der Waals surface area contributed by atoms with E-state index in [0.717, 1.165) is 6.42 Å². The quantitative estimate of drug-likeness (QED) is 0.523. The van der Waals surface area contributed by atoms with Crippen LogP contribution in [0.15, 0.2) is 42.0 Å². The van der Waals surface area contributed by atoms with Gasteiger partial charge in [0.1, 0.15) is 17.5 Å². The molecule has 0 radical (unpaired) electrons. The summed E-state index contributed by atoms with van der Waals surface area (Å²) in [5.74, 6) is -0.687. The zero-order valence-electron chi connectivity index (χ0n) is 13.9. The minimum Gasteiger partial charge on any atom is -0.490 e. The molecule has 0 heterocycles. The van der Waals surface area contributed by atoms with Gasteiger partial charge in [-0.05, 0) is 54.5 Å². The maximum atomic E-state index is 12.9. The van der Waals surface area contributed by atoms with Gasteiger partial charge in [0.05, 0.1) is 16.7 Å². The summed E-state index contributed by atoms with van der Waals surface area (Å²) in [7, 11) is 0. The van der Waals surface area contributed by atoms with Gasteiger partial charge >= 0.3 is 0 Å².